The van der Waals surface area contributed by atoms with Crippen LogP contribution in [0.2, 0.25) is 0 Å². The highest BCUT2D eigenvalue weighted by molar-refractivity contribution is 5.91. The molecule has 1 atom stereocenters. The Labute approximate surface area is 187 Å². The molecule has 32 heavy (non-hydrogen) atoms. The molecular formula is C25H28N6O. The van der Waals surface area contributed by atoms with E-state index in [4.69, 9.17) is 9.97 Å². The fourth-order valence-corrected chi connectivity index (χ4v) is 4.78. The summed E-state index contributed by atoms with van der Waals surface area (Å²) in [5.41, 5.74) is 5.83. The molecule has 164 valence electrons. The van der Waals surface area contributed by atoms with Crippen LogP contribution in [0.15, 0.2) is 36.7 Å². The number of nitrogens with zero attached hydrogens (tertiary/aromatic N) is 5. The molecule has 1 aliphatic heterocycles. The van der Waals surface area contributed by atoms with E-state index in [1.165, 1.54) is 31.5 Å². The van der Waals surface area contributed by atoms with Crippen LogP contribution in [0, 0.1) is 12.8 Å². The molecule has 0 bridgehead atoms. The van der Waals surface area contributed by atoms with Crippen molar-refractivity contribution in [2.45, 2.75) is 32.2 Å². The Kier molecular flexibility index (Phi) is 4.54. The summed E-state index contributed by atoms with van der Waals surface area (Å²) in [6, 6.07) is 8.82. The van der Waals surface area contributed by atoms with Crippen molar-refractivity contribution in [1.82, 2.24) is 25.1 Å². The maximum absolute atomic E-state index is 10.8. The summed E-state index contributed by atoms with van der Waals surface area (Å²) < 4.78 is 1.76. The summed E-state index contributed by atoms with van der Waals surface area (Å²) in [7, 11) is 1.88. The molecule has 2 aromatic carbocycles. The van der Waals surface area contributed by atoms with Gasteiger partial charge in [-0.25, -0.2) is 4.98 Å². The number of fused-ring (bicyclic) bond motifs is 2. The number of rotatable bonds is 5. The summed E-state index contributed by atoms with van der Waals surface area (Å²) in [5.74, 6) is 1.12. The molecular weight excluding hydrogens is 400 g/mol. The van der Waals surface area contributed by atoms with Gasteiger partial charge in [-0.3, -0.25) is 9.67 Å². The monoisotopic (exact) mass is 428 g/mol. The molecule has 2 aliphatic rings. The molecule has 0 radical (unpaired) electrons. The smallest absolute Gasteiger partial charge is 0.130 e. The molecule has 2 aromatic heterocycles. The number of aromatic nitrogens is 4. The lowest BCUT2D eigenvalue weighted by molar-refractivity contribution is 0.474. The van der Waals surface area contributed by atoms with E-state index in [2.05, 4.69) is 27.4 Å². The zero-order valence-electron chi connectivity index (χ0n) is 18.5. The molecule has 1 aliphatic carbocycles. The molecule has 6 rings (SSSR count). The third-order valence-electron chi connectivity index (χ3n) is 6.87. The first-order chi connectivity index (χ1) is 15.5. The van der Waals surface area contributed by atoms with Gasteiger partial charge in [-0.1, -0.05) is 0 Å². The second-order valence-corrected chi connectivity index (χ2v) is 9.35. The van der Waals surface area contributed by atoms with Crippen molar-refractivity contribution in [3.05, 3.63) is 42.2 Å². The van der Waals surface area contributed by atoms with E-state index in [1.807, 2.05) is 32.3 Å². The van der Waals surface area contributed by atoms with Crippen LogP contribution in [0.25, 0.3) is 33.2 Å². The second kappa shape index (κ2) is 7.45. The number of aromatic hydroxyl groups is 1. The summed E-state index contributed by atoms with van der Waals surface area (Å²) in [5, 5.41) is 20.0. The van der Waals surface area contributed by atoms with Gasteiger partial charge in [0.2, 0.25) is 0 Å². The van der Waals surface area contributed by atoms with Crippen LogP contribution in [0.5, 0.6) is 5.75 Å². The fourth-order valence-electron chi connectivity index (χ4n) is 4.78. The van der Waals surface area contributed by atoms with Crippen LogP contribution >= 0.6 is 0 Å². The van der Waals surface area contributed by atoms with E-state index in [1.54, 1.807) is 10.9 Å². The normalized spacial score (nSPS) is 18.8. The minimum absolute atomic E-state index is 0.211. The zero-order valence-corrected chi connectivity index (χ0v) is 18.5. The number of benzene rings is 2. The van der Waals surface area contributed by atoms with Crippen LogP contribution in [0.4, 0.5) is 5.69 Å². The molecule has 7 nitrogen and oxygen atoms in total. The highest BCUT2D eigenvalue weighted by atomic mass is 16.3. The van der Waals surface area contributed by atoms with Crippen LogP contribution in [0.3, 0.4) is 0 Å². The Bertz CT molecular complexity index is 1330. The first-order valence-electron chi connectivity index (χ1n) is 11.5. The third-order valence-corrected chi connectivity index (χ3v) is 6.87. The van der Waals surface area contributed by atoms with E-state index in [9.17, 15) is 5.11 Å². The third kappa shape index (κ3) is 3.46. The summed E-state index contributed by atoms with van der Waals surface area (Å²) in [6.45, 7) is 5.17. The van der Waals surface area contributed by atoms with Gasteiger partial charge in [0, 0.05) is 54.6 Å². The minimum Gasteiger partial charge on any atom is -0.507 e. The molecule has 4 aromatic rings. The van der Waals surface area contributed by atoms with Gasteiger partial charge in [-0.15, -0.1) is 0 Å². The first-order valence-corrected chi connectivity index (χ1v) is 11.5. The average Bonchev–Trinajstić information content (AvgIpc) is 3.37. The molecule has 0 unspecified atom stereocenters. The Morgan fingerprint density at radius 1 is 1.16 bits per heavy atom. The highest BCUT2D eigenvalue weighted by Gasteiger charge is 2.26. The number of phenols is 1. The van der Waals surface area contributed by atoms with E-state index >= 15 is 0 Å². The SMILES string of the molecule is Cc1c(O)c(-c2cnc3cc(N4CC[C@H](NCC5CC5)C4)ccc3n2)cc2cn(C)nc12. The van der Waals surface area contributed by atoms with Crippen LogP contribution < -0.4 is 10.2 Å². The molecule has 2 fully saturated rings. The van der Waals surface area contributed by atoms with Gasteiger partial charge < -0.3 is 15.3 Å². The number of nitrogens with one attached hydrogen (secondary N) is 1. The Morgan fingerprint density at radius 3 is 2.88 bits per heavy atom. The van der Waals surface area contributed by atoms with Gasteiger partial charge in [0.15, 0.2) is 0 Å². The Morgan fingerprint density at radius 2 is 2.03 bits per heavy atom. The molecule has 3 heterocycles. The topological polar surface area (TPSA) is 79.1 Å². The predicted molar refractivity (Wildman–Crippen MR) is 127 cm³/mol. The van der Waals surface area contributed by atoms with Crippen molar-refractivity contribution < 1.29 is 5.11 Å². The van der Waals surface area contributed by atoms with Gasteiger partial charge in [-0.2, -0.15) is 5.10 Å². The fraction of sp³-hybridized carbons (Fsp3) is 0.400. The average molecular weight is 429 g/mol. The highest BCUT2D eigenvalue weighted by Crippen LogP contribution is 2.36. The Balaban J connectivity index is 1.28. The largest absolute Gasteiger partial charge is 0.507 e. The quantitative estimate of drug-likeness (QED) is 0.504. The van der Waals surface area contributed by atoms with E-state index in [-0.39, 0.29) is 5.75 Å². The van der Waals surface area contributed by atoms with E-state index in [0.29, 0.717) is 17.3 Å². The maximum atomic E-state index is 10.8. The van der Waals surface area contributed by atoms with Crippen molar-refractivity contribution in [3.63, 3.8) is 0 Å². The number of hydrogen-bond acceptors (Lipinski definition) is 6. The van der Waals surface area contributed by atoms with Crippen molar-refractivity contribution in [1.29, 1.82) is 0 Å². The Hall–Kier alpha value is -3.19. The van der Waals surface area contributed by atoms with Crippen LogP contribution in [-0.2, 0) is 7.05 Å². The standard InChI is InChI=1S/C25H28N6O/c1-15-24-17(13-30(2)29-24)9-20(25(15)32)23-12-27-22-10-19(5-6-21(22)28-23)31-8-7-18(14-31)26-11-16-3-4-16/h5-6,9-10,12-13,16,18,26,32H,3-4,7-8,11,14H2,1-2H3/t18-/m0/s1. The van der Waals surface area contributed by atoms with Gasteiger partial charge in [-0.05, 0) is 62.9 Å². The van der Waals surface area contributed by atoms with Crippen LogP contribution in [-0.4, -0.2) is 50.5 Å². The summed E-state index contributed by atoms with van der Waals surface area (Å²) >= 11 is 0. The second-order valence-electron chi connectivity index (χ2n) is 9.35. The maximum Gasteiger partial charge on any atom is 0.130 e. The zero-order chi connectivity index (χ0) is 21.8. The predicted octanol–water partition coefficient (Wildman–Crippen LogP) is 3.78. The lowest BCUT2D eigenvalue weighted by Gasteiger charge is -2.19. The van der Waals surface area contributed by atoms with Crippen molar-refractivity contribution in [2.24, 2.45) is 13.0 Å². The van der Waals surface area contributed by atoms with Gasteiger partial charge >= 0.3 is 0 Å². The number of aryl methyl sites for hydroxylation is 2. The molecule has 0 spiro atoms. The van der Waals surface area contributed by atoms with Gasteiger partial charge in [0.25, 0.3) is 0 Å². The van der Waals surface area contributed by atoms with Crippen molar-refractivity contribution in [3.8, 4) is 17.0 Å². The first kappa shape index (κ1) is 19.5. The van der Waals surface area contributed by atoms with Crippen LogP contribution in [0.1, 0.15) is 24.8 Å². The van der Waals surface area contributed by atoms with Gasteiger partial charge in [0.1, 0.15) is 5.75 Å². The number of anilines is 1. The number of phenolic OH excluding ortho intramolecular Hbond substituents is 1. The molecule has 1 saturated carbocycles. The lowest BCUT2D eigenvalue weighted by Crippen LogP contribution is -2.33. The number of hydrogen-bond donors (Lipinski definition) is 2. The van der Waals surface area contributed by atoms with Crippen molar-refractivity contribution >= 4 is 27.6 Å². The van der Waals surface area contributed by atoms with Gasteiger partial charge in [0.05, 0.1) is 28.4 Å². The van der Waals surface area contributed by atoms with E-state index < -0.39 is 0 Å². The van der Waals surface area contributed by atoms with E-state index in [0.717, 1.165) is 46.5 Å². The summed E-state index contributed by atoms with van der Waals surface area (Å²) in [4.78, 5) is 12.0. The molecule has 0 amide bonds. The minimum atomic E-state index is 0.211. The lowest BCUT2D eigenvalue weighted by atomic mass is 10.0. The molecule has 7 heteroatoms. The van der Waals surface area contributed by atoms with Crippen molar-refractivity contribution in [2.75, 3.05) is 24.5 Å². The summed E-state index contributed by atoms with van der Waals surface area (Å²) in [6.07, 6.45) is 7.68. The molecule has 2 N–H and O–H groups in total. The molecule has 1 saturated heterocycles.